The first-order valence-electron chi connectivity index (χ1n) is 14.5. The summed E-state index contributed by atoms with van der Waals surface area (Å²) >= 11 is 0. The van der Waals surface area contributed by atoms with Gasteiger partial charge in [-0.2, -0.15) is 0 Å². The van der Waals surface area contributed by atoms with Crippen LogP contribution in [0.2, 0.25) is 0 Å². The molecule has 3 unspecified atom stereocenters. The Morgan fingerprint density at radius 1 is 0.595 bits per heavy atom. The largest absolute Gasteiger partial charge is 0.305 e. The van der Waals surface area contributed by atoms with Crippen molar-refractivity contribution in [2.24, 2.45) is 11.8 Å². The summed E-state index contributed by atoms with van der Waals surface area (Å²) in [6, 6.07) is 31.2. The molecule has 0 saturated carbocycles. The molecule has 6 rings (SSSR count). The molecule has 2 heteroatoms. The number of allylic oxidation sites excluding steroid dienone is 14. The summed E-state index contributed by atoms with van der Waals surface area (Å²) in [6.07, 6.45) is 28.2. The van der Waals surface area contributed by atoms with E-state index in [1.165, 1.54) is 5.56 Å². The lowest BCUT2D eigenvalue weighted by Crippen LogP contribution is -2.40. The van der Waals surface area contributed by atoms with Crippen molar-refractivity contribution in [3.05, 3.63) is 191 Å². The lowest BCUT2D eigenvalue weighted by molar-refractivity contribution is 0.463. The zero-order chi connectivity index (χ0) is 28.8. The summed E-state index contributed by atoms with van der Waals surface area (Å²) in [4.78, 5) is 0. The number of nitrogens with one attached hydrogen (secondary N) is 2. The molecule has 3 aliphatic carbocycles. The highest BCUT2D eigenvalue weighted by Gasteiger charge is 2.43. The van der Waals surface area contributed by atoms with E-state index in [2.05, 4.69) is 109 Å². The van der Waals surface area contributed by atoms with E-state index in [4.69, 9.17) is 10.8 Å². The predicted octanol–water partition coefficient (Wildman–Crippen LogP) is 9.50. The van der Waals surface area contributed by atoms with Crippen molar-refractivity contribution in [2.45, 2.75) is 11.8 Å². The smallest absolute Gasteiger partial charge is 0.0502 e. The van der Waals surface area contributed by atoms with Crippen molar-refractivity contribution in [3.63, 3.8) is 0 Å². The van der Waals surface area contributed by atoms with Gasteiger partial charge in [0.15, 0.2) is 0 Å². The minimum Gasteiger partial charge on any atom is -0.305 e. The van der Waals surface area contributed by atoms with E-state index >= 15 is 0 Å². The molecule has 0 heterocycles. The maximum atomic E-state index is 9.14. The Morgan fingerprint density at radius 3 is 1.74 bits per heavy atom. The molecule has 0 saturated heterocycles. The van der Waals surface area contributed by atoms with Gasteiger partial charge in [-0.1, -0.05) is 158 Å². The first kappa shape index (κ1) is 27.1. The van der Waals surface area contributed by atoms with Crippen LogP contribution in [-0.2, 0) is 5.41 Å². The van der Waals surface area contributed by atoms with Crippen molar-refractivity contribution >= 4 is 23.6 Å². The molecule has 3 aromatic rings. The third-order valence-electron chi connectivity index (χ3n) is 8.36. The first-order valence-corrected chi connectivity index (χ1v) is 14.5. The fraction of sp³-hybridized carbons (Fsp3) is 0.100. The van der Waals surface area contributed by atoms with Gasteiger partial charge in [-0.25, -0.2) is 0 Å². The van der Waals surface area contributed by atoms with Crippen molar-refractivity contribution in [3.8, 4) is 0 Å². The van der Waals surface area contributed by atoms with Gasteiger partial charge in [0.2, 0.25) is 0 Å². The van der Waals surface area contributed by atoms with E-state index in [1.807, 2.05) is 60.7 Å². The lowest BCUT2D eigenvalue weighted by atomic mass is 9.60. The predicted molar refractivity (Wildman–Crippen MR) is 178 cm³/mol. The highest BCUT2D eigenvalue weighted by atomic mass is 14.5. The second-order valence-corrected chi connectivity index (χ2v) is 11.0. The number of benzene rings is 3. The molecular weight excluding hydrogens is 508 g/mol. The van der Waals surface area contributed by atoms with Gasteiger partial charge in [-0.15, -0.1) is 0 Å². The van der Waals surface area contributed by atoms with E-state index in [0.717, 1.165) is 34.3 Å². The SMILES string of the molecule is N=C1C=CC=C(C=Cc2ccccc2)C1C1=CCC(c2ccccc2)(C2C(=N)C=CC=C2C=Cc2ccccc2)C=C1. The number of hydrogen-bond acceptors (Lipinski definition) is 2. The summed E-state index contributed by atoms with van der Waals surface area (Å²) in [7, 11) is 0. The fourth-order valence-corrected chi connectivity index (χ4v) is 6.26. The van der Waals surface area contributed by atoms with Gasteiger partial charge in [0.1, 0.15) is 0 Å². The highest BCUT2D eigenvalue weighted by molar-refractivity contribution is 6.02. The molecular formula is C40H34N2. The van der Waals surface area contributed by atoms with Crippen LogP contribution in [0.5, 0.6) is 0 Å². The second kappa shape index (κ2) is 12.2. The van der Waals surface area contributed by atoms with Crippen LogP contribution >= 0.6 is 0 Å². The fourth-order valence-electron chi connectivity index (χ4n) is 6.26. The van der Waals surface area contributed by atoms with Crippen LogP contribution in [0.15, 0.2) is 175 Å². The summed E-state index contributed by atoms with van der Waals surface area (Å²) in [5, 5.41) is 18.0. The monoisotopic (exact) mass is 542 g/mol. The molecule has 0 amide bonds. The molecule has 2 nitrogen and oxygen atoms in total. The van der Waals surface area contributed by atoms with Gasteiger partial charge in [-0.3, -0.25) is 0 Å². The quantitative estimate of drug-likeness (QED) is 0.299. The molecule has 0 fully saturated rings. The first-order chi connectivity index (χ1) is 20.6. The summed E-state index contributed by atoms with van der Waals surface area (Å²) in [6.45, 7) is 0. The molecule has 0 aromatic heterocycles. The molecule has 0 bridgehead atoms. The molecule has 0 aliphatic heterocycles. The van der Waals surface area contributed by atoms with E-state index in [9.17, 15) is 0 Å². The van der Waals surface area contributed by atoms with Gasteiger partial charge < -0.3 is 10.8 Å². The van der Waals surface area contributed by atoms with Crippen LogP contribution in [0.1, 0.15) is 23.1 Å². The van der Waals surface area contributed by atoms with Gasteiger partial charge in [0.25, 0.3) is 0 Å². The van der Waals surface area contributed by atoms with E-state index in [1.54, 1.807) is 0 Å². The zero-order valence-electron chi connectivity index (χ0n) is 23.5. The van der Waals surface area contributed by atoms with E-state index in [0.29, 0.717) is 11.4 Å². The Morgan fingerprint density at radius 2 is 1.14 bits per heavy atom. The summed E-state index contributed by atoms with van der Waals surface area (Å²) < 4.78 is 0. The third-order valence-corrected chi connectivity index (χ3v) is 8.36. The molecule has 3 atom stereocenters. The minimum atomic E-state index is -0.421. The Kier molecular flexibility index (Phi) is 7.87. The molecule has 2 N–H and O–H groups in total. The molecule has 42 heavy (non-hydrogen) atoms. The van der Waals surface area contributed by atoms with Crippen molar-refractivity contribution in [1.29, 1.82) is 10.8 Å². The second-order valence-electron chi connectivity index (χ2n) is 11.0. The minimum absolute atomic E-state index is 0.126. The maximum Gasteiger partial charge on any atom is 0.0502 e. The van der Waals surface area contributed by atoms with Crippen molar-refractivity contribution in [1.82, 2.24) is 0 Å². The number of hydrogen-bond donors (Lipinski definition) is 2. The Balaban J connectivity index is 1.36. The average molecular weight is 543 g/mol. The van der Waals surface area contributed by atoms with Crippen LogP contribution in [0.25, 0.3) is 12.2 Å². The average Bonchev–Trinajstić information content (AvgIpc) is 3.04. The van der Waals surface area contributed by atoms with Crippen LogP contribution < -0.4 is 0 Å². The molecule has 0 spiro atoms. The molecule has 3 aromatic carbocycles. The topological polar surface area (TPSA) is 47.7 Å². The highest BCUT2D eigenvalue weighted by Crippen LogP contribution is 2.47. The number of rotatable bonds is 7. The van der Waals surface area contributed by atoms with Crippen LogP contribution in [0, 0.1) is 22.7 Å². The Hall–Kier alpha value is -5.08. The summed E-state index contributed by atoms with van der Waals surface area (Å²) in [5.41, 5.74) is 7.60. The van der Waals surface area contributed by atoms with Crippen LogP contribution in [0.4, 0.5) is 0 Å². The van der Waals surface area contributed by atoms with Gasteiger partial charge in [-0.05, 0) is 52.0 Å². The Labute approximate surface area is 248 Å². The molecule has 3 aliphatic rings. The summed E-state index contributed by atoms with van der Waals surface area (Å²) in [5.74, 6) is -0.267. The van der Waals surface area contributed by atoms with Gasteiger partial charge >= 0.3 is 0 Å². The van der Waals surface area contributed by atoms with Gasteiger partial charge in [0, 0.05) is 22.8 Å². The van der Waals surface area contributed by atoms with Crippen LogP contribution in [0.3, 0.4) is 0 Å². The van der Waals surface area contributed by atoms with E-state index in [-0.39, 0.29) is 11.8 Å². The van der Waals surface area contributed by atoms with Crippen molar-refractivity contribution < 1.29 is 0 Å². The van der Waals surface area contributed by atoms with Crippen LogP contribution in [-0.4, -0.2) is 11.4 Å². The van der Waals surface area contributed by atoms with Gasteiger partial charge in [0.05, 0.1) is 5.92 Å². The normalized spacial score (nSPS) is 23.8. The lowest BCUT2D eigenvalue weighted by Gasteiger charge is -2.42. The van der Waals surface area contributed by atoms with E-state index < -0.39 is 5.41 Å². The third kappa shape index (κ3) is 5.57. The zero-order valence-corrected chi connectivity index (χ0v) is 23.5. The molecule has 0 radical (unpaired) electrons. The van der Waals surface area contributed by atoms with Crippen molar-refractivity contribution in [2.75, 3.05) is 0 Å². The maximum absolute atomic E-state index is 9.14. The Bertz CT molecular complexity index is 1710. The molecule has 204 valence electrons. The standard InChI is InChI=1S/C40H34N2/c41-36-20-10-16-32(24-22-30-12-4-1-5-13-30)38(36)33-26-28-40(29-27-33,35-18-8-3-9-19-35)39-34(17-11-21-37(39)42)25-23-31-14-6-2-7-15-31/h1-28,38-39,41-42H,29H2.